The molecule has 2 heterocycles. The summed E-state index contributed by atoms with van der Waals surface area (Å²) in [6, 6.07) is 0. The van der Waals surface area contributed by atoms with E-state index in [9.17, 15) is 0 Å². The molecule has 4 aliphatic carbocycles. The Kier molecular flexibility index (Phi) is 3.85. The third kappa shape index (κ3) is 2.17. The first kappa shape index (κ1) is 18.4. The van der Waals surface area contributed by atoms with Crippen LogP contribution < -0.4 is 0 Å². The standard InChI is InChI=1S/C25H38O3/c1-17-15-18-16-24(7-4-12-26-24)11-10-22(18,2)19-5-8-23(3)20(21(17)19)6-9-25(23)27-13-14-28-25/h18-21H,1,4-16H2,2-3H3/t18?,19?,20?,21?,22-,23-,24?/m0/s1. The highest BCUT2D eigenvalue weighted by Gasteiger charge is 2.68. The molecule has 0 aromatic heterocycles. The topological polar surface area (TPSA) is 27.7 Å². The number of fused-ring (bicyclic) bond motifs is 6. The van der Waals surface area contributed by atoms with Gasteiger partial charge in [0.25, 0.3) is 0 Å². The highest BCUT2D eigenvalue weighted by Crippen LogP contribution is 2.71. The Hall–Kier alpha value is -0.380. The molecule has 2 spiro atoms. The Bertz CT molecular complexity index is 673. The molecule has 28 heavy (non-hydrogen) atoms. The predicted octanol–water partition coefficient (Wildman–Crippen LogP) is 5.49. The second-order valence-electron chi connectivity index (χ2n) is 11.6. The molecule has 5 unspecified atom stereocenters. The average Bonchev–Trinajstić information content (AvgIpc) is 3.39. The second-order valence-corrected chi connectivity index (χ2v) is 11.6. The molecule has 3 heteroatoms. The lowest BCUT2D eigenvalue weighted by atomic mass is 9.43. The minimum absolute atomic E-state index is 0.168. The maximum Gasteiger partial charge on any atom is 0.174 e. The van der Waals surface area contributed by atoms with Crippen molar-refractivity contribution in [2.75, 3.05) is 19.8 Å². The van der Waals surface area contributed by atoms with E-state index in [0.29, 0.717) is 17.3 Å². The first-order valence-corrected chi connectivity index (χ1v) is 12.0. The van der Waals surface area contributed by atoms with Crippen LogP contribution in [-0.2, 0) is 14.2 Å². The molecule has 0 radical (unpaired) electrons. The lowest BCUT2D eigenvalue weighted by Crippen LogP contribution is -2.58. The maximum absolute atomic E-state index is 6.33. The number of hydrogen-bond acceptors (Lipinski definition) is 3. The first-order valence-electron chi connectivity index (χ1n) is 12.0. The summed E-state index contributed by atoms with van der Waals surface area (Å²) in [7, 11) is 0. The lowest BCUT2D eigenvalue weighted by molar-refractivity contribution is -0.245. The molecule has 0 amide bonds. The smallest absolute Gasteiger partial charge is 0.174 e. The average molecular weight is 387 g/mol. The Morgan fingerprint density at radius 3 is 2.39 bits per heavy atom. The normalized spacial score (nSPS) is 54.7. The van der Waals surface area contributed by atoms with E-state index in [2.05, 4.69) is 13.8 Å². The summed E-state index contributed by atoms with van der Waals surface area (Å²) in [6.45, 7) is 12.4. The molecule has 6 aliphatic rings. The van der Waals surface area contributed by atoms with Gasteiger partial charge >= 0.3 is 0 Å². The highest BCUT2D eigenvalue weighted by atomic mass is 16.7. The fraction of sp³-hybridized carbons (Fsp3) is 0.920. The zero-order valence-corrected chi connectivity index (χ0v) is 17.9. The Balaban J connectivity index is 1.32. The molecular weight excluding hydrogens is 348 g/mol. The van der Waals surface area contributed by atoms with E-state index < -0.39 is 0 Å². The van der Waals surface area contributed by atoms with Crippen molar-refractivity contribution in [2.45, 2.75) is 89.4 Å². The summed E-state index contributed by atoms with van der Waals surface area (Å²) in [5, 5.41) is 0. The predicted molar refractivity (Wildman–Crippen MR) is 109 cm³/mol. The summed E-state index contributed by atoms with van der Waals surface area (Å²) in [4.78, 5) is 0. The largest absolute Gasteiger partial charge is 0.375 e. The van der Waals surface area contributed by atoms with E-state index in [1.54, 1.807) is 5.57 Å². The van der Waals surface area contributed by atoms with Crippen molar-refractivity contribution in [2.24, 2.45) is 34.5 Å². The van der Waals surface area contributed by atoms with Gasteiger partial charge in [0.15, 0.2) is 5.79 Å². The van der Waals surface area contributed by atoms with E-state index in [-0.39, 0.29) is 16.8 Å². The summed E-state index contributed by atoms with van der Waals surface area (Å²) in [5.41, 5.74) is 2.40. The third-order valence-electron chi connectivity index (χ3n) is 10.8. The van der Waals surface area contributed by atoms with Gasteiger partial charge in [-0.25, -0.2) is 0 Å². The zero-order chi connectivity index (χ0) is 19.2. The van der Waals surface area contributed by atoms with Gasteiger partial charge in [0, 0.05) is 18.4 Å². The van der Waals surface area contributed by atoms with Crippen molar-refractivity contribution >= 4 is 0 Å². The quantitative estimate of drug-likeness (QED) is 0.515. The van der Waals surface area contributed by atoms with E-state index in [0.717, 1.165) is 38.1 Å². The molecule has 3 nitrogen and oxygen atoms in total. The van der Waals surface area contributed by atoms with Crippen LogP contribution in [0.5, 0.6) is 0 Å². The molecule has 0 bridgehead atoms. The van der Waals surface area contributed by atoms with E-state index in [4.69, 9.17) is 20.8 Å². The summed E-state index contributed by atoms with van der Waals surface area (Å²) < 4.78 is 19.0. The molecule has 2 aliphatic heterocycles. The fourth-order valence-corrected chi connectivity index (χ4v) is 9.18. The second kappa shape index (κ2) is 5.86. The number of hydrogen-bond donors (Lipinski definition) is 0. The molecule has 0 aromatic carbocycles. The molecule has 0 N–H and O–H groups in total. The van der Waals surface area contributed by atoms with Gasteiger partial charge in [0.1, 0.15) is 0 Å². The highest BCUT2D eigenvalue weighted by molar-refractivity contribution is 5.23. The van der Waals surface area contributed by atoms with Gasteiger partial charge in [-0.2, -0.15) is 0 Å². The van der Waals surface area contributed by atoms with Crippen LogP contribution in [0.4, 0.5) is 0 Å². The van der Waals surface area contributed by atoms with Crippen molar-refractivity contribution in [1.82, 2.24) is 0 Å². The lowest BCUT2D eigenvalue weighted by Gasteiger charge is -2.63. The Morgan fingerprint density at radius 1 is 0.857 bits per heavy atom. The van der Waals surface area contributed by atoms with Gasteiger partial charge in [-0.3, -0.25) is 0 Å². The van der Waals surface area contributed by atoms with Crippen LogP contribution in [-0.4, -0.2) is 31.2 Å². The molecule has 156 valence electrons. The Labute approximate surface area is 170 Å². The van der Waals surface area contributed by atoms with E-state index in [1.165, 1.54) is 57.8 Å². The van der Waals surface area contributed by atoms with Crippen LogP contribution in [0.15, 0.2) is 12.2 Å². The van der Waals surface area contributed by atoms with Gasteiger partial charge in [0.05, 0.1) is 18.8 Å². The monoisotopic (exact) mass is 386 g/mol. The molecule has 2 saturated heterocycles. The number of allylic oxidation sites excluding steroid dienone is 1. The van der Waals surface area contributed by atoms with Crippen molar-refractivity contribution in [3.8, 4) is 0 Å². The van der Waals surface area contributed by atoms with Crippen LogP contribution in [0, 0.1) is 34.5 Å². The molecule has 0 aromatic rings. The maximum atomic E-state index is 6.33. The van der Waals surface area contributed by atoms with Gasteiger partial charge in [-0.15, -0.1) is 0 Å². The molecule has 4 saturated carbocycles. The fourth-order valence-electron chi connectivity index (χ4n) is 9.18. The minimum atomic E-state index is -0.297. The SMILES string of the molecule is C=C1CC2CC3(CCCO3)CC[C@]2(C)C2CC[C@@]3(C)C(CCC34OCCO4)C12. The van der Waals surface area contributed by atoms with Gasteiger partial charge in [-0.05, 0) is 86.9 Å². The van der Waals surface area contributed by atoms with Gasteiger partial charge in [-0.1, -0.05) is 26.0 Å². The summed E-state index contributed by atoms with van der Waals surface area (Å²) >= 11 is 0. The molecule has 7 atom stereocenters. The van der Waals surface area contributed by atoms with E-state index in [1.807, 2.05) is 0 Å². The third-order valence-corrected chi connectivity index (χ3v) is 10.8. The summed E-state index contributed by atoms with van der Waals surface area (Å²) in [6.07, 6.45) is 12.6. The van der Waals surface area contributed by atoms with Crippen molar-refractivity contribution in [1.29, 1.82) is 0 Å². The molecular formula is C25H38O3. The van der Waals surface area contributed by atoms with Crippen LogP contribution in [0.25, 0.3) is 0 Å². The zero-order valence-electron chi connectivity index (χ0n) is 17.9. The minimum Gasteiger partial charge on any atom is -0.375 e. The van der Waals surface area contributed by atoms with Crippen LogP contribution in [0.3, 0.4) is 0 Å². The summed E-state index contributed by atoms with van der Waals surface area (Å²) in [5.74, 6) is 2.63. The van der Waals surface area contributed by atoms with Crippen molar-refractivity contribution < 1.29 is 14.2 Å². The first-order chi connectivity index (χ1) is 13.4. The van der Waals surface area contributed by atoms with E-state index >= 15 is 0 Å². The van der Waals surface area contributed by atoms with Gasteiger partial charge < -0.3 is 14.2 Å². The molecule has 6 rings (SSSR count). The van der Waals surface area contributed by atoms with Gasteiger partial charge in [0.2, 0.25) is 0 Å². The van der Waals surface area contributed by atoms with Crippen molar-refractivity contribution in [3.63, 3.8) is 0 Å². The Morgan fingerprint density at radius 2 is 1.64 bits per heavy atom. The van der Waals surface area contributed by atoms with Crippen LogP contribution in [0.2, 0.25) is 0 Å². The number of ether oxygens (including phenoxy) is 3. The number of rotatable bonds is 0. The molecule has 6 fully saturated rings. The van der Waals surface area contributed by atoms with Crippen LogP contribution in [0.1, 0.15) is 78.1 Å². The van der Waals surface area contributed by atoms with Crippen molar-refractivity contribution in [3.05, 3.63) is 12.2 Å². The van der Waals surface area contributed by atoms with Crippen LogP contribution >= 0.6 is 0 Å².